The number of ether oxygens (including phenoxy) is 3. The van der Waals surface area contributed by atoms with E-state index < -0.39 is 5.60 Å². The molecule has 0 saturated carbocycles. The fourth-order valence-corrected chi connectivity index (χ4v) is 7.12. The Morgan fingerprint density at radius 1 is 0.762 bits per heavy atom. The number of nitrogens with zero attached hydrogens (tertiary/aromatic N) is 1. The fourth-order valence-electron chi connectivity index (χ4n) is 7.12. The second kappa shape index (κ2) is 14.3. The van der Waals surface area contributed by atoms with Crippen LogP contribution in [-0.2, 0) is 4.74 Å². The number of carbonyl (C=O) groups is 1. The molecule has 4 unspecified atom stereocenters. The molecular formula is C34H51ClN2O5. The van der Waals surface area contributed by atoms with Gasteiger partial charge < -0.3 is 29.5 Å². The van der Waals surface area contributed by atoms with Crippen LogP contribution >= 0.6 is 12.4 Å². The molecule has 0 aromatic heterocycles. The van der Waals surface area contributed by atoms with Crippen molar-refractivity contribution in [1.82, 2.24) is 10.2 Å². The van der Waals surface area contributed by atoms with Crippen LogP contribution in [0.15, 0.2) is 60.7 Å². The molecule has 0 radical (unpaired) electrons. The van der Waals surface area contributed by atoms with Crippen LogP contribution in [0, 0.1) is 0 Å². The molecule has 2 aromatic rings. The summed E-state index contributed by atoms with van der Waals surface area (Å²) in [5.74, 6) is 1.91. The number of aliphatic hydroxyl groups is 1. The summed E-state index contributed by atoms with van der Waals surface area (Å²) in [5.41, 5.74) is -0.637. The summed E-state index contributed by atoms with van der Waals surface area (Å²) in [7, 11) is 1.00. The van der Waals surface area contributed by atoms with E-state index in [2.05, 4.69) is 31.3 Å². The number of halogens is 1. The Hall–Kier alpha value is -2.48. The minimum Gasteiger partial charge on any atom is -0.487 e. The van der Waals surface area contributed by atoms with Crippen molar-refractivity contribution in [1.29, 1.82) is 0 Å². The van der Waals surface area contributed by atoms with E-state index in [0.717, 1.165) is 57.1 Å². The van der Waals surface area contributed by atoms with Crippen molar-refractivity contribution in [3.8, 4) is 11.5 Å². The maximum atomic E-state index is 12.5. The van der Waals surface area contributed by atoms with Crippen molar-refractivity contribution >= 4 is 18.5 Å². The van der Waals surface area contributed by atoms with E-state index in [0.29, 0.717) is 12.1 Å². The van der Waals surface area contributed by atoms with Crippen LogP contribution in [0.3, 0.4) is 0 Å². The number of para-hydroxylation sites is 2. The molecule has 0 aliphatic carbocycles. The molecule has 4 bridgehead atoms. The lowest BCUT2D eigenvalue weighted by Crippen LogP contribution is -2.55. The average molecular weight is 603 g/mol. The van der Waals surface area contributed by atoms with Gasteiger partial charge in [-0.05, 0) is 84.6 Å². The van der Waals surface area contributed by atoms with Crippen LogP contribution in [0.4, 0.5) is 4.79 Å². The Morgan fingerprint density at radius 3 is 1.57 bits per heavy atom. The molecule has 7 nitrogen and oxygen atoms in total. The summed E-state index contributed by atoms with van der Waals surface area (Å²) >= 11 is 0. The van der Waals surface area contributed by atoms with Gasteiger partial charge in [-0.15, -0.1) is 12.4 Å². The molecule has 42 heavy (non-hydrogen) atoms. The summed E-state index contributed by atoms with van der Waals surface area (Å²) in [4.78, 5) is 14.5. The molecule has 4 aliphatic rings. The van der Waals surface area contributed by atoms with Gasteiger partial charge in [-0.25, -0.2) is 4.79 Å². The van der Waals surface area contributed by atoms with Crippen molar-refractivity contribution in [3.05, 3.63) is 60.7 Å². The lowest BCUT2D eigenvalue weighted by molar-refractivity contribution is -0.0363. The largest absolute Gasteiger partial charge is 0.487 e. The number of aliphatic hydroxyl groups excluding tert-OH is 1. The van der Waals surface area contributed by atoms with Crippen LogP contribution in [-0.4, -0.2) is 64.2 Å². The average Bonchev–Trinajstić information content (AvgIpc) is 3.41. The maximum absolute atomic E-state index is 12.5. The molecule has 2 N–H and O–H groups in total. The van der Waals surface area contributed by atoms with Crippen molar-refractivity contribution in [2.75, 3.05) is 7.11 Å². The third-order valence-electron chi connectivity index (χ3n) is 8.47. The van der Waals surface area contributed by atoms with E-state index >= 15 is 0 Å². The van der Waals surface area contributed by atoms with E-state index in [-0.39, 0.29) is 41.8 Å². The highest BCUT2D eigenvalue weighted by molar-refractivity contribution is 5.85. The highest BCUT2D eigenvalue weighted by atomic mass is 35.5. The predicted molar refractivity (Wildman–Crippen MR) is 170 cm³/mol. The second-order valence-corrected chi connectivity index (χ2v) is 13.5. The molecule has 2 aromatic carbocycles. The van der Waals surface area contributed by atoms with Gasteiger partial charge in [-0.3, -0.25) is 0 Å². The van der Waals surface area contributed by atoms with Gasteiger partial charge in [0.15, 0.2) is 0 Å². The van der Waals surface area contributed by atoms with Gasteiger partial charge in [-0.1, -0.05) is 36.4 Å². The maximum Gasteiger partial charge on any atom is 0.410 e. The minimum atomic E-state index is -0.447. The van der Waals surface area contributed by atoms with Crippen molar-refractivity contribution in [2.24, 2.45) is 0 Å². The van der Waals surface area contributed by atoms with Crippen LogP contribution in [0.5, 0.6) is 11.5 Å². The lowest BCUT2D eigenvalue weighted by atomic mass is 9.87. The smallest absolute Gasteiger partial charge is 0.410 e. The highest BCUT2D eigenvalue weighted by Crippen LogP contribution is 2.43. The first kappa shape index (κ1) is 34.0. The number of piperidine rings is 2. The van der Waals surface area contributed by atoms with Crippen molar-refractivity contribution < 1.29 is 24.1 Å². The summed E-state index contributed by atoms with van der Waals surface area (Å²) < 4.78 is 18.0. The SMILES string of the molecule is CC(C)(C)OC(=O)N1C2CCC1CC(C)(Oc1ccccc1)C2.CC1(Oc2ccccc2)CC2CCC(C1)N2.CO.Cl. The second-order valence-electron chi connectivity index (χ2n) is 13.5. The van der Waals surface area contributed by atoms with E-state index in [9.17, 15) is 4.79 Å². The normalized spacial score (nSPS) is 30.9. The summed E-state index contributed by atoms with van der Waals surface area (Å²) in [6, 6.07) is 21.9. The van der Waals surface area contributed by atoms with E-state index in [1.807, 2.05) is 74.2 Å². The Bertz CT molecular complexity index is 1080. The number of hydrogen-bond donors (Lipinski definition) is 2. The molecule has 0 spiro atoms. The molecule has 4 atom stereocenters. The zero-order valence-electron chi connectivity index (χ0n) is 26.2. The van der Waals surface area contributed by atoms with Gasteiger partial charge in [0.25, 0.3) is 0 Å². The molecule has 4 fully saturated rings. The standard InChI is InChI=1S/C19H27NO3.C14H19NO.CH4O.ClH/c1-18(2,3)23-17(21)20-14-10-11-15(20)13-19(4,12-14)22-16-8-6-5-7-9-16;1-14(16-13-5-3-2-4-6-13)9-11-7-8-12(10-14)15-11;1-2;/h5-9,14-15H,10-13H2,1-4H3;2-6,11-12,15H,7-10H2,1H3;2H,1H3;1H. The quantitative estimate of drug-likeness (QED) is 0.387. The number of hydrogen-bond acceptors (Lipinski definition) is 6. The fraction of sp³-hybridized carbons (Fsp3) is 0.618. The van der Waals surface area contributed by atoms with Gasteiger partial charge >= 0.3 is 6.09 Å². The Labute approximate surface area is 258 Å². The Kier molecular flexibility index (Phi) is 11.6. The predicted octanol–water partition coefficient (Wildman–Crippen LogP) is 7.15. The highest BCUT2D eigenvalue weighted by Gasteiger charge is 2.50. The summed E-state index contributed by atoms with van der Waals surface area (Å²) in [6.45, 7) is 10.2. The lowest BCUT2D eigenvalue weighted by Gasteiger charge is -2.44. The summed E-state index contributed by atoms with van der Waals surface area (Å²) in [6.07, 6.45) is 8.53. The first-order valence-corrected chi connectivity index (χ1v) is 15.2. The number of fused-ring (bicyclic) bond motifs is 4. The molecule has 234 valence electrons. The van der Waals surface area contributed by atoms with Crippen LogP contribution in [0.1, 0.15) is 86.0 Å². The molecule has 4 aliphatic heterocycles. The van der Waals surface area contributed by atoms with Crippen LogP contribution < -0.4 is 14.8 Å². The third kappa shape index (κ3) is 9.01. The van der Waals surface area contributed by atoms with Gasteiger partial charge in [-0.2, -0.15) is 0 Å². The minimum absolute atomic E-state index is 0. The van der Waals surface area contributed by atoms with Crippen LogP contribution in [0.25, 0.3) is 0 Å². The monoisotopic (exact) mass is 602 g/mol. The molecular weight excluding hydrogens is 552 g/mol. The first-order valence-electron chi connectivity index (χ1n) is 15.2. The number of rotatable bonds is 4. The Morgan fingerprint density at radius 2 is 1.17 bits per heavy atom. The van der Waals surface area contributed by atoms with Crippen LogP contribution in [0.2, 0.25) is 0 Å². The number of benzene rings is 2. The number of nitrogens with one attached hydrogen (secondary N) is 1. The number of carbonyl (C=O) groups excluding carboxylic acids is 1. The third-order valence-corrected chi connectivity index (χ3v) is 8.47. The first-order chi connectivity index (χ1) is 19.5. The van der Waals surface area contributed by atoms with Gasteiger partial charge in [0.2, 0.25) is 0 Å². The van der Waals surface area contributed by atoms with Crippen molar-refractivity contribution in [2.45, 2.75) is 127 Å². The van der Waals surface area contributed by atoms with E-state index in [4.69, 9.17) is 19.3 Å². The van der Waals surface area contributed by atoms with Gasteiger partial charge in [0.1, 0.15) is 28.3 Å². The zero-order chi connectivity index (χ0) is 29.7. The molecule has 4 saturated heterocycles. The number of amides is 1. The van der Waals surface area contributed by atoms with Gasteiger partial charge in [0.05, 0.1) is 0 Å². The zero-order valence-corrected chi connectivity index (χ0v) is 27.0. The van der Waals surface area contributed by atoms with Gasteiger partial charge in [0, 0.05) is 57.0 Å². The van der Waals surface area contributed by atoms with E-state index in [1.54, 1.807) is 0 Å². The molecule has 4 heterocycles. The molecule has 6 rings (SSSR count). The van der Waals surface area contributed by atoms with E-state index in [1.165, 1.54) is 12.8 Å². The molecule has 8 heteroatoms. The Balaban J connectivity index is 0.000000224. The van der Waals surface area contributed by atoms with Crippen molar-refractivity contribution in [3.63, 3.8) is 0 Å². The topological polar surface area (TPSA) is 80.3 Å². The summed E-state index contributed by atoms with van der Waals surface area (Å²) in [5, 5.41) is 10.7. The molecule has 1 amide bonds.